The summed E-state index contributed by atoms with van der Waals surface area (Å²) in [5.74, 6) is 0.657. The highest BCUT2D eigenvalue weighted by molar-refractivity contribution is 5.87. The summed E-state index contributed by atoms with van der Waals surface area (Å²) >= 11 is 0. The smallest absolute Gasteiger partial charge is 0.335 e. The molecule has 1 amide bonds. The normalized spacial score (nSPS) is 13.9. The van der Waals surface area contributed by atoms with Gasteiger partial charge in [-0.25, -0.2) is 4.79 Å². The van der Waals surface area contributed by atoms with Crippen molar-refractivity contribution in [1.82, 2.24) is 9.80 Å². The highest BCUT2D eigenvalue weighted by atomic mass is 35.5. The Hall–Kier alpha value is -3.35. The zero-order valence-electron chi connectivity index (χ0n) is 22.6. The number of benzene rings is 3. The van der Waals surface area contributed by atoms with E-state index in [1.54, 1.807) is 12.1 Å². The van der Waals surface area contributed by atoms with Crippen LogP contribution in [0.4, 0.5) is 0 Å². The highest BCUT2D eigenvalue weighted by Gasteiger charge is 2.27. The molecule has 39 heavy (non-hydrogen) atoms. The maximum atomic E-state index is 13.2. The lowest BCUT2D eigenvalue weighted by Gasteiger charge is -2.39. The van der Waals surface area contributed by atoms with Crippen LogP contribution in [-0.2, 0) is 17.9 Å². The largest absolute Gasteiger partial charge is 0.478 e. The molecule has 0 aromatic heterocycles. The van der Waals surface area contributed by atoms with Crippen LogP contribution in [0.25, 0.3) is 0 Å². The fourth-order valence-corrected chi connectivity index (χ4v) is 4.98. The molecule has 0 bridgehead atoms. The SMILES string of the molecule is CCCCCC(=O)N(Cc1ccccc1)C1CCN(Cc2ccc(Oc3ccc(C(=O)O)cc3)cc2)CC1.Cl. The summed E-state index contributed by atoms with van der Waals surface area (Å²) in [5, 5.41) is 9.03. The molecule has 0 saturated carbocycles. The molecule has 1 aliphatic heterocycles. The molecule has 0 atom stereocenters. The van der Waals surface area contributed by atoms with E-state index in [-0.39, 0.29) is 29.9 Å². The molecule has 0 spiro atoms. The van der Waals surface area contributed by atoms with Crippen LogP contribution < -0.4 is 4.74 Å². The molecule has 0 aliphatic carbocycles. The number of carbonyl (C=O) groups excluding carboxylic acids is 1. The number of halogens is 1. The second-order valence-electron chi connectivity index (χ2n) is 10.0. The van der Waals surface area contributed by atoms with Gasteiger partial charge in [-0.1, -0.05) is 62.2 Å². The van der Waals surface area contributed by atoms with E-state index in [0.29, 0.717) is 24.5 Å². The molecule has 6 nitrogen and oxygen atoms in total. The summed E-state index contributed by atoms with van der Waals surface area (Å²) in [4.78, 5) is 28.8. The van der Waals surface area contributed by atoms with Crippen LogP contribution in [0.1, 0.15) is 66.9 Å². The van der Waals surface area contributed by atoms with E-state index in [1.807, 2.05) is 30.3 Å². The zero-order valence-corrected chi connectivity index (χ0v) is 23.4. The van der Waals surface area contributed by atoms with Gasteiger partial charge >= 0.3 is 5.97 Å². The number of piperidine rings is 1. The Bertz CT molecular complexity index is 1160. The van der Waals surface area contributed by atoms with Gasteiger partial charge in [-0.2, -0.15) is 0 Å². The zero-order chi connectivity index (χ0) is 26.7. The number of likely N-dealkylation sites (tertiary alicyclic amines) is 1. The van der Waals surface area contributed by atoms with Crippen molar-refractivity contribution >= 4 is 24.3 Å². The summed E-state index contributed by atoms with van der Waals surface area (Å²) < 4.78 is 5.86. The fraction of sp³-hybridized carbons (Fsp3) is 0.375. The standard InChI is InChI=1S/C32H38N2O4.ClH/c1-2-3-5-10-31(35)34(24-25-8-6-4-7-9-25)28-19-21-33(22-20-28)23-26-11-15-29(16-12-26)38-30-17-13-27(14-18-30)32(36)37;/h4,6-9,11-18,28H,2-3,5,10,19-24H2,1H3,(H,36,37);1H. The molecule has 3 aromatic rings. The number of carbonyl (C=O) groups is 2. The minimum Gasteiger partial charge on any atom is -0.478 e. The van der Waals surface area contributed by atoms with Crippen LogP contribution in [0.2, 0.25) is 0 Å². The Labute approximate surface area is 238 Å². The number of rotatable bonds is 12. The van der Waals surface area contributed by atoms with Gasteiger partial charge in [0.25, 0.3) is 0 Å². The summed E-state index contributed by atoms with van der Waals surface area (Å²) in [6.07, 6.45) is 5.80. The first kappa shape index (κ1) is 30.2. The molecule has 0 unspecified atom stereocenters. The molecule has 0 radical (unpaired) electrons. The number of ether oxygens (including phenoxy) is 1. The molecule has 7 heteroatoms. The van der Waals surface area contributed by atoms with Crippen LogP contribution in [-0.4, -0.2) is 45.9 Å². The maximum Gasteiger partial charge on any atom is 0.335 e. The van der Waals surface area contributed by atoms with E-state index < -0.39 is 5.97 Å². The second-order valence-corrected chi connectivity index (χ2v) is 10.0. The Morgan fingerprint density at radius 2 is 1.49 bits per heavy atom. The minimum atomic E-state index is -0.951. The second kappa shape index (κ2) is 15.3. The van der Waals surface area contributed by atoms with Crippen LogP contribution in [0.15, 0.2) is 78.9 Å². The van der Waals surface area contributed by atoms with Gasteiger partial charge in [-0.3, -0.25) is 9.69 Å². The maximum absolute atomic E-state index is 13.2. The number of carboxylic acid groups (broad SMARTS) is 1. The molecule has 1 heterocycles. The topological polar surface area (TPSA) is 70.1 Å². The monoisotopic (exact) mass is 550 g/mol. The minimum absolute atomic E-state index is 0. The summed E-state index contributed by atoms with van der Waals surface area (Å²) in [6.45, 7) is 5.66. The molecule has 3 aromatic carbocycles. The molecular formula is C32H39ClN2O4. The molecular weight excluding hydrogens is 512 g/mol. The number of unbranched alkanes of at least 4 members (excludes halogenated alkanes) is 2. The van der Waals surface area contributed by atoms with E-state index in [2.05, 4.69) is 41.0 Å². The van der Waals surface area contributed by atoms with Gasteiger partial charge in [0.15, 0.2) is 0 Å². The average Bonchev–Trinajstić information content (AvgIpc) is 2.94. The molecule has 1 aliphatic rings. The number of nitrogens with zero attached hydrogens (tertiary/aromatic N) is 2. The van der Waals surface area contributed by atoms with Gasteiger partial charge < -0.3 is 14.7 Å². The first-order chi connectivity index (χ1) is 18.5. The van der Waals surface area contributed by atoms with Crippen molar-refractivity contribution in [2.24, 2.45) is 0 Å². The number of hydrogen-bond acceptors (Lipinski definition) is 4. The lowest BCUT2D eigenvalue weighted by atomic mass is 10.0. The lowest BCUT2D eigenvalue weighted by Crippen LogP contribution is -2.46. The molecule has 1 N–H and O–H groups in total. The van der Waals surface area contributed by atoms with Crippen molar-refractivity contribution in [3.63, 3.8) is 0 Å². The quantitative estimate of drug-likeness (QED) is 0.242. The van der Waals surface area contributed by atoms with Crippen LogP contribution >= 0.6 is 12.4 Å². The summed E-state index contributed by atoms with van der Waals surface area (Å²) in [7, 11) is 0. The number of hydrogen-bond donors (Lipinski definition) is 1. The third-order valence-corrected chi connectivity index (χ3v) is 7.17. The number of amides is 1. The number of aromatic carboxylic acids is 1. The average molecular weight is 551 g/mol. The third kappa shape index (κ3) is 9.12. The highest BCUT2D eigenvalue weighted by Crippen LogP contribution is 2.25. The van der Waals surface area contributed by atoms with Gasteiger partial charge in [0.05, 0.1) is 5.56 Å². The van der Waals surface area contributed by atoms with E-state index in [9.17, 15) is 9.59 Å². The van der Waals surface area contributed by atoms with Crippen molar-refractivity contribution in [1.29, 1.82) is 0 Å². The molecule has 208 valence electrons. The fourth-order valence-electron chi connectivity index (χ4n) is 4.98. The van der Waals surface area contributed by atoms with Crippen molar-refractivity contribution in [2.75, 3.05) is 13.1 Å². The van der Waals surface area contributed by atoms with Gasteiger partial charge in [0.2, 0.25) is 5.91 Å². The van der Waals surface area contributed by atoms with E-state index in [0.717, 1.165) is 51.7 Å². The van der Waals surface area contributed by atoms with E-state index in [4.69, 9.17) is 9.84 Å². The third-order valence-electron chi connectivity index (χ3n) is 7.17. The summed E-state index contributed by atoms with van der Waals surface area (Å²) in [5.41, 5.74) is 2.65. The Kier molecular flexibility index (Phi) is 11.8. The lowest BCUT2D eigenvalue weighted by molar-refractivity contribution is -0.135. The predicted octanol–water partition coefficient (Wildman–Crippen LogP) is 7.17. The van der Waals surface area contributed by atoms with Crippen molar-refractivity contribution in [2.45, 2.75) is 64.6 Å². The van der Waals surface area contributed by atoms with Crippen LogP contribution in [0.5, 0.6) is 11.5 Å². The predicted molar refractivity (Wildman–Crippen MR) is 157 cm³/mol. The van der Waals surface area contributed by atoms with E-state index in [1.165, 1.54) is 23.3 Å². The van der Waals surface area contributed by atoms with Gasteiger partial charge in [-0.05, 0) is 66.8 Å². The first-order valence-electron chi connectivity index (χ1n) is 13.7. The van der Waals surface area contributed by atoms with Gasteiger partial charge in [0, 0.05) is 38.6 Å². The van der Waals surface area contributed by atoms with Crippen molar-refractivity contribution < 1.29 is 19.4 Å². The molecule has 4 rings (SSSR count). The Morgan fingerprint density at radius 3 is 2.08 bits per heavy atom. The van der Waals surface area contributed by atoms with Crippen molar-refractivity contribution in [3.8, 4) is 11.5 Å². The first-order valence-corrected chi connectivity index (χ1v) is 13.7. The van der Waals surface area contributed by atoms with Gasteiger partial charge in [0.1, 0.15) is 11.5 Å². The summed E-state index contributed by atoms with van der Waals surface area (Å²) in [6, 6.07) is 25.1. The van der Waals surface area contributed by atoms with E-state index >= 15 is 0 Å². The van der Waals surface area contributed by atoms with Crippen molar-refractivity contribution in [3.05, 3.63) is 95.6 Å². The molecule has 1 saturated heterocycles. The Morgan fingerprint density at radius 1 is 0.872 bits per heavy atom. The van der Waals surface area contributed by atoms with Crippen LogP contribution in [0, 0.1) is 0 Å². The Balaban J connectivity index is 0.00000420. The van der Waals surface area contributed by atoms with Gasteiger partial charge in [-0.15, -0.1) is 12.4 Å². The molecule has 1 fully saturated rings. The number of carboxylic acids is 1. The van der Waals surface area contributed by atoms with Crippen LogP contribution in [0.3, 0.4) is 0 Å².